The van der Waals surface area contributed by atoms with Gasteiger partial charge in [-0.2, -0.15) is 5.26 Å². The van der Waals surface area contributed by atoms with E-state index in [-0.39, 0.29) is 17.2 Å². The molecule has 7 nitrogen and oxygen atoms in total. The van der Waals surface area contributed by atoms with Crippen LogP contribution in [0.5, 0.6) is 0 Å². The average molecular weight is 394 g/mol. The number of carbonyl (C=O) groups excluding carboxylic acids is 2. The van der Waals surface area contributed by atoms with E-state index in [0.717, 1.165) is 0 Å². The van der Waals surface area contributed by atoms with Gasteiger partial charge in [-0.05, 0) is 17.9 Å². The Kier molecular flexibility index (Phi) is 6.32. The van der Waals surface area contributed by atoms with Gasteiger partial charge in [0.1, 0.15) is 17.5 Å². The molecule has 0 saturated carbocycles. The summed E-state index contributed by atoms with van der Waals surface area (Å²) < 4.78 is 4.95. The number of hydrogen-bond acceptors (Lipinski definition) is 6. The molecule has 1 aromatic heterocycles. The van der Waals surface area contributed by atoms with E-state index in [1.807, 2.05) is 17.5 Å². The summed E-state index contributed by atoms with van der Waals surface area (Å²) in [4.78, 5) is 29.8. The lowest BCUT2D eigenvalue weighted by Crippen LogP contribution is -2.29. The van der Waals surface area contributed by atoms with E-state index in [2.05, 4.69) is 15.6 Å². The van der Waals surface area contributed by atoms with Gasteiger partial charge in [0.05, 0.1) is 10.6 Å². The Hall–Kier alpha value is -3.28. The minimum Gasteiger partial charge on any atom is -0.385 e. The van der Waals surface area contributed by atoms with Crippen molar-refractivity contribution < 1.29 is 14.3 Å². The molecule has 2 heterocycles. The predicted octanol–water partition coefficient (Wildman–Crippen LogP) is 2.33. The van der Waals surface area contributed by atoms with Gasteiger partial charge in [0, 0.05) is 31.4 Å². The number of methoxy groups -OCH3 is 1. The summed E-state index contributed by atoms with van der Waals surface area (Å²) in [5.74, 6) is -0.464. The van der Waals surface area contributed by atoms with E-state index >= 15 is 0 Å². The number of fused-ring (bicyclic) bond motifs is 1. The number of carbonyl (C=O) groups is 2. The van der Waals surface area contributed by atoms with Gasteiger partial charge in [-0.3, -0.25) is 9.59 Å². The Labute approximate surface area is 166 Å². The lowest BCUT2D eigenvalue weighted by atomic mass is 10.0. The van der Waals surface area contributed by atoms with E-state index in [9.17, 15) is 14.9 Å². The first-order valence-corrected chi connectivity index (χ1v) is 9.48. The fourth-order valence-corrected chi connectivity index (χ4v) is 3.33. The summed E-state index contributed by atoms with van der Waals surface area (Å²) in [6, 6.07) is 12.6. The molecule has 1 aliphatic heterocycles. The first-order valence-electron chi connectivity index (χ1n) is 8.60. The van der Waals surface area contributed by atoms with E-state index in [0.29, 0.717) is 41.4 Å². The number of benzene rings is 1. The van der Waals surface area contributed by atoms with Crippen molar-refractivity contribution in [3.8, 4) is 6.07 Å². The Morgan fingerprint density at radius 2 is 2.00 bits per heavy atom. The summed E-state index contributed by atoms with van der Waals surface area (Å²) in [5, 5.41) is 16.8. The molecule has 3 rings (SSSR count). The van der Waals surface area contributed by atoms with Crippen molar-refractivity contribution in [2.75, 3.05) is 20.3 Å². The third-order valence-electron chi connectivity index (χ3n) is 4.02. The molecule has 0 radical (unpaired) electrons. The first kappa shape index (κ1) is 19.5. The summed E-state index contributed by atoms with van der Waals surface area (Å²) in [6.45, 7) is 0.900. The molecule has 2 aromatic rings. The normalized spacial score (nSPS) is 13.9. The number of hydrogen-bond donors (Lipinski definition) is 2. The van der Waals surface area contributed by atoms with Crippen molar-refractivity contribution in [3.05, 3.63) is 63.4 Å². The molecule has 1 aliphatic rings. The van der Waals surface area contributed by atoms with Crippen LogP contribution in [0.1, 0.15) is 27.2 Å². The summed E-state index contributed by atoms with van der Waals surface area (Å²) >= 11 is 1.32. The molecule has 2 N–H and O–H groups in total. The SMILES string of the molecule is COCCCNC(=O)/C(C#N)=C1\N=C(NC(=O)c2cccs2)c2ccccc21. The highest BCUT2D eigenvalue weighted by atomic mass is 32.1. The Morgan fingerprint density at radius 1 is 1.21 bits per heavy atom. The molecule has 0 saturated heterocycles. The number of rotatable bonds is 6. The van der Waals surface area contributed by atoms with Crippen molar-refractivity contribution in [1.82, 2.24) is 10.6 Å². The van der Waals surface area contributed by atoms with Crippen LogP contribution < -0.4 is 10.6 Å². The zero-order chi connectivity index (χ0) is 19.9. The second-order valence-corrected chi connectivity index (χ2v) is 6.82. The molecule has 0 spiro atoms. The number of aliphatic imine (C=N–C) groups is 1. The van der Waals surface area contributed by atoms with E-state index in [1.54, 1.807) is 37.4 Å². The summed E-state index contributed by atoms with van der Waals surface area (Å²) in [6.07, 6.45) is 0.637. The molecule has 0 aliphatic carbocycles. The number of amidine groups is 1. The van der Waals surface area contributed by atoms with Gasteiger partial charge < -0.3 is 15.4 Å². The Balaban J connectivity index is 1.90. The standard InChI is InChI=1S/C20H18N4O3S/c1-27-10-5-9-22-19(25)15(12-21)17-13-6-2-3-7-14(13)18(23-17)24-20(26)16-8-4-11-28-16/h2-4,6-8,11H,5,9-10H2,1H3,(H,22,25)(H,23,24,26)/b17-15-. The molecular formula is C20H18N4O3S. The summed E-state index contributed by atoms with van der Waals surface area (Å²) in [5.41, 5.74) is 1.46. The number of nitrogens with one attached hydrogen (secondary N) is 2. The monoisotopic (exact) mass is 394 g/mol. The summed E-state index contributed by atoms with van der Waals surface area (Å²) in [7, 11) is 1.58. The average Bonchev–Trinajstić information content (AvgIpc) is 3.36. The van der Waals surface area contributed by atoms with Gasteiger partial charge in [-0.1, -0.05) is 30.3 Å². The minimum absolute atomic E-state index is 0.0924. The van der Waals surface area contributed by atoms with Gasteiger partial charge >= 0.3 is 0 Å². The quantitative estimate of drug-likeness (QED) is 0.446. The van der Waals surface area contributed by atoms with Crippen molar-refractivity contribution in [3.63, 3.8) is 0 Å². The van der Waals surface area contributed by atoms with Crippen LogP contribution >= 0.6 is 11.3 Å². The van der Waals surface area contributed by atoms with Crippen LogP contribution in [0.3, 0.4) is 0 Å². The highest BCUT2D eigenvalue weighted by Gasteiger charge is 2.27. The van der Waals surface area contributed by atoms with Gasteiger partial charge in [0.2, 0.25) is 0 Å². The van der Waals surface area contributed by atoms with Gasteiger partial charge in [0.25, 0.3) is 11.8 Å². The van der Waals surface area contributed by atoms with Crippen molar-refractivity contribution in [2.24, 2.45) is 4.99 Å². The van der Waals surface area contributed by atoms with Crippen LogP contribution in [0.4, 0.5) is 0 Å². The lowest BCUT2D eigenvalue weighted by Gasteiger charge is -2.06. The molecule has 0 unspecified atom stereocenters. The highest BCUT2D eigenvalue weighted by molar-refractivity contribution is 7.12. The maximum absolute atomic E-state index is 12.5. The second kappa shape index (κ2) is 9.08. The van der Waals surface area contributed by atoms with Gasteiger partial charge in [-0.15, -0.1) is 11.3 Å². The van der Waals surface area contributed by atoms with Crippen LogP contribution in [-0.2, 0) is 9.53 Å². The third-order valence-corrected chi connectivity index (χ3v) is 4.89. The highest BCUT2D eigenvalue weighted by Crippen LogP contribution is 2.30. The second-order valence-electron chi connectivity index (χ2n) is 5.88. The maximum atomic E-state index is 12.5. The van der Waals surface area contributed by atoms with Crippen LogP contribution in [0.15, 0.2) is 52.3 Å². The number of nitrogens with zero attached hydrogens (tertiary/aromatic N) is 2. The largest absolute Gasteiger partial charge is 0.385 e. The number of ether oxygens (including phenoxy) is 1. The smallest absolute Gasteiger partial charge is 0.266 e. The molecule has 2 amide bonds. The number of thiophene rings is 1. The first-order chi connectivity index (χ1) is 13.7. The molecule has 28 heavy (non-hydrogen) atoms. The van der Waals surface area contributed by atoms with E-state index in [4.69, 9.17) is 4.74 Å². The van der Waals surface area contributed by atoms with Gasteiger partial charge in [-0.25, -0.2) is 4.99 Å². The Morgan fingerprint density at radius 3 is 2.68 bits per heavy atom. The maximum Gasteiger partial charge on any atom is 0.266 e. The van der Waals surface area contributed by atoms with Gasteiger partial charge in [0.15, 0.2) is 0 Å². The third kappa shape index (κ3) is 4.17. The molecular weight excluding hydrogens is 376 g/mol. The topological polar surface area (TPSA) is 104 Å². The zero-order valence-electron chi connectivity index (χ0n) is 15.2. The lowest BCUT2D eigenvalue weighted by molar-refractivity contribution is -0.117. The Bertz CT molecular complexity index is 987. The zero-order valence-corrected chi connectivity index (χ0v) is 16.0. The molecule has 1 aromatic carbocycles. The molecule has 0 bridgehead atoms. The van der Waals surface area contributed by atoms with Crippen molar-refractivity contribution in [1.29, 1.82) is 5.26 Å². The van der Waals surface area contributed by atoms with Crippen molar-refractivity contribution >= 4 is 34.7 Å². The molecule has 0 atom stereocenters. The molecule has 8 heteroatoms. The van der Waals surface area contributed by atoms with Crippen LogP contribution in [0.25, 0.3) is 5.70 Å². The fourth-order valence-electron chi connectivity index (χ4n) is 2.71. The number of amides is 2. The van der Waals surface area contributed by atoms with E-state index in [1.165, 1.54) is 11.3 Å². The molecule has 142 valence electrons. The van der Waals surface area contributed by atoms with Crippen LogP contribution in [-0.4, -0.2) is 37.9 Å². The number of nitriles is 1. The predicted molar refractivity (Wildman–Crippen MR) is 107 cm³/mol. The van der Waals surface area contributed by atoms with Crippen LogP contribution in [0.2, 0.25) is 0 Å². The fraction of sp³-hybridized carbons (Fsp3) is 0.200. The van der Waals surface area contributed by atoms with E-state index < -0.39 is 5.91 Å². The molecule has 0 fully saturated rings. The van der Waals surface area contributed by atoms with Crippen LogP contribution in [0, 0.1) is 11.3 Å². The van der Waals surface area contributed by atoms with Crippen molar-refractivity contribution in [2.45, 2.75) is 6.42 Å². The minimum atomic E-state index is -0.502.